The molecule has 1 N–H and O–H groups in total. The number of hydrogen-bond donors (Lipinski definition) is 1. The molecule has 0 aromatic heterocycles. The van der Waals surface area contributed by atoms with Crippen molar-refractivity contribution in [2.24, 2.45) is 0 Å². The molecule has 0 spiro atoms. The molecule has 0 heterocycles. The molecule has 0 saturated carbocycles. The Hall–Kier alpha value is -1.10. The van der Waals surface area contributed by atoms with E-state index in [1.54, 1.807) is 0 Å². The van der Waals surface area contributed by atoms with E-state index >= 15 is 0 Å². The van der Waals surface area contributed by atoms with E-state index in [1.807, 2.05) is 0 Å². The molecule has 6 nitrogen and oxygen atoms in total. The van der Waals surface area contributed by atoms with Crippen molar-refractivity contribution < 1.29 is 34.4 Å². The van der Waals surface area contributed by atoms with E-state index in [9.17, 15) is 25.6 Å². The zero-order chi connectivity index (χ0) is 13.3. The highest BCUT2D eigenvalue weighted by atomic mass is 33.2. The highest BCUT2D eigenvalue weighted by Gasteiger charge is 2.29. The van der Waals surface area contributed by atoms with Crippen molar-refractivity contribution in [3.8, 4) is 0 Å². The maximum absolute atomic E-state index is 13.0. The zero-order valence-corrected chi connectivity index (χ0v) is 9.63. The fraction of sp³-hybridized carbons (Fsp3) is 0.143. The third kappa shape index (κ3) is 3.19. The van der Waals surface area contributed by atoms with Crippen LogP contribution in [0.15, 0.2) is 18.2 Å². The van der Waals surface area contributed by atoms with Crippen LogP contribution in [0.1, 0.15) is 5.56 Å². The van der Waals surface area contributed by atoms with Crippen LogP contribution in [0.3, 0.4) is 0 Å². The summed E-state index contributed by atoms with van der Waals surface area (Å²) in [5, 5.41) is 0. The highest BCUT2D eigenvalue weighted by molar-refractivity contribution is 8.63. The van der Waals surface area contributed by atoms with E-state index in [-0.39, 0.29) is 0 Å². The van der Waals surface area contributed by atoms with Gasteiger partial charge in [0.1, 0.15) is 11.6 Å². The van der Waals surface area contributed by atoms with Gasteiger partial charge in [-0.25, -0.2) is 8.78 Å². The average molecular weight is 288 g/mol. The van der Waals surface area contributed by atoms with Crippen LogP contribution in [0, 0.1) is 11.6 Å². The zero-order valence-electron chi connectivity index (χ0n) is 8.00. The van der Waals surface area contributed by atoms with Crippen LogP contribution < -0.4 is 0 Å². The van der Waals surface area contributed by atoms with Crippen molar-refractivity contribution in [2.75, 3.05) is 0 Å². The molecule has 0 fully saturated rings. The van der Waals surface area contributed by atoms with E-state index in [4.69, 9.17) is 4.55 Å². The Labute approximate surface area is 95.1 Å². The number of benzene rings is 1. The van der Waals surface area contributed by atoms with Crippen molar-refractivity contribution in [1.82, 2.24) is 0 Å². The van der Waals surface area contributed by atoms with Crippen LogP contribution in [-0.4, -0.2) is 21.4 Å². The van der Waals surface area contributed by atoms with Gasteiger partial charge in [-0.2, -0.15) is 16.8 Å². The summed E-state index contributed by atoms with van der Waals surface area (Å²) >= 11 is 0. The van der Waals surface area contributed by atoms with E-state index in [1.165, 1.54) is 0 Å². The van der Waals surface area contributed by atoms with Gasteiger partial charge in [0.2, 0.25) is 0 Å². The summed E-state index contributed by atoms with van der Waals surface area (Å²) in [4.78, 5) is 0. The van der Waals surface area contributed by atoms with Gasteiger partial charge in [-0.3, -0.25) is 8.74 Å². The summed E-state index contributed by atoms with van der Waals surface area (Å²) in [6.45, 7) is -1.18. The van der Waals surface area contributed by atoms with Crippen LogP contribution >= 0.6 is 0 Å². The Morgan fingerprint density at radius 2 is 1.59 bits per heavy atom. The number of rotatable bonds is 4. The van der Waals surface area contributed by atoms with Crippen molar-refractivity contribution in [1.29, 1.82) is 0 Å². The fourth-order valence-electron chi connectivity index (χ4n) is 0.862. The second-order valence-electron chi connectivity index (χ2n) is 2.80. The smallest absolute Gasteiger partial charge is 0.272 e. The van der Waals surface area contributed by atoms with Gasteiger partial charge in [0, 0.05) is 0 Å². The van der Waals surface area contributed by atoms with Crippen molar-refractivity contribution in [2.45, 2.75) is 6.61 Å². The molecule has 10 heteroatoms. The molecule has 0 unspecified atom stereocenters. The first kappa shape index (κ1) is 14.0. The minimum Gasteiger partial charge on any atom is -0.272 e. The molecule has 0 atom stereocenters. The Morgan fingerprint density at radius 1 is 1.12 bits per heavy atom. The summed E-state index contributed by atoms with van der Waals surface area (Å²) in [6, 6.07) is 2.70. The molecule has 0 aliphatic heterocycles. The van der Waals surface area contributed by atoms with Gasteiger partial charge in [0.05, 0.1) is 12.2 Å². The first-order valence-electron chi connectivity index (χ1n) is 3.95. The van der Waals surface area contributed by atoms with Crippen molar-refractivity contribution in [3.63, 3.8) is 0 Å². The monoisotopic (exact) mass is 288 g/mol. The second-order valence-corrected chi connectivity index (χ2v) is 7.19. The fourth-order valence-corrected chi connectivity index (χ4v) is 1.76. The van der Waals surface area contributed by atoms with Gasteiger partial charge >= 0.3 is 18.3 Å². The first-order valence-corrected chi connectivity index (χ1v) is 7.31. The van der Waals surface area contributed by atoms with Gasteiger partial charge in [0.15, 0.2) is 0 Å². The van der Waals surface area contributed by atoms with Crippen molar-refractivity contribution >= 4 is 18.3 Å². The summed E-state index contributed by atoms with van der Waals surface area (Å²) in [5.74, 6) is -2.20. The normalized spacial score (nSPS) is 12.6. The van der Waals surface area contributed by atoms with Crippen LogP contribution in [0.25, 0.3) is 0 Å². The van der Waals surface area contributed by atoms with Gasteiger partial charge in [-0.1, -0.05) is 6.07 Å². The predicted molar refractivity (Wildman–Crippen MR) is 51.6 cm³/mol. The SMILES string of the molecule is O=S(=O)(O)S(=O)(=O)OCc1c(F)cccc1F. The molecule has 96 valence electrons. The summed E-state index contributed by atoms with van der Waals surface area (Å²) in [7, 11) is -10.8. The summed E-state index contributed by atoms with van der Waals surface area (Å²) in [5.41, 5.74) is -0.764. The largest absolute Gasteiger partial charge is 0.400 e. The maximum atomic E-state index is 13.0. The molecular weight excluding hydrogens is 282 g/mol. The summed E-state index contributed by atoms with van der Waals surface area (Å²) in [6.07, 6.45) is 0. The molecule has 0 aliphatic rings. The summed E-state index contributed by atoms with van der Waals surface area (Å²) < 4.78 is 80.1. The van der Waals surface area contributed by atoms with Crippen LogP contribution in [0.4, 0.5) is 8.78 Å². The van der Waals surface area contributed by atoms with Crippen LogP contribution in [0.2, 0.25) is 0 Å². The minimum atomic E-state index is -5.49. The highest BCUT2D eigenvalue weighted by Crippen LogP contribution is 2.15. The number of halogens is 2. The van der Waals surface area contributed by atoms with E-state index in [0.29, 0.717) is 0 Å². The van der Waals surface area contributed by atoms with Gasteiger partial charge in [0.25, 0.3) is 0 Å². The molecule has 0 saturated heterocycles. The van der Waals surface area contributed by atoms with Gasteiger partial charge in [-0.15, -0.1) is 0 Å². The predicted octanol–water partition coefficient (Wildman–Crippen LogP) is 0.614. The maximum Gasteiger partial charge on any atom is 0.400 e. The Bertz CT molecular complexity index is 602. The molecule has 1 rings (SSSR count). The average Bonchev–Trinajstić information content (AvgIpc) is 2.15. The van der Waals surface area contributed by atoms with E-state index < -0.39 is 42.1 Å². The van der Waals surface area contributed by atoms with Crippen molar-refractivity contribution in [3.05, 3.63) is 35.4 Å². The molecular formula is C7H6F2O6S2. The molecule has 0 amide bonds. The molecule has 0 aliphatic carbocycles. The Morgan fingerprint density at radius 3 is 2.00 bits per heavy atom. The Kier molecular flexibility index (Phi) is 3.81. The molecule has 17 heavy (non-hydrogen) atoms. The Balaban J connectivity index is 2.97. The van der Waals surface area contributed by atoms with Gasteiger partial charge in [-0.05, 0) is 12.1 Å². The lowest BCUT2D eigenvalue weighted by molar-refractivity contribution is 0.300. The lowest BCUT2D eigenvalue weighted by Crippen LogP contribution is -2.17. The standard InChI is InChI=1S/C7H6F2O6S2/c8-6-2-1-3-7(9)5(6)4-15-17(13,14)16(10,11)12/h1-3H,4H2,(H,10,11,12). The lowest BCUT2D eigenvalue weighted by Gasteiger charge is -2.04. The minimum absolute atomic E-state index is 0.764. The van der Waals surface area contributed by atoms with Crippen LogP contribution in [-0.2, 0) is 29.1 Å². The lowest BCUT2D eigenvalue weighted by atomic mass is 10.2. The van der Waals surface area contributed by atoms with Gasteiger partial charge < -0.3 is 0 Å². The van der Waals surface area contributed by atoms with Crippen LogP contribution in [0.5, 0.6) is 0 Å². The third-order valence-electron chi connectivity index (χ3n) is 1.67. The van der Waals surface area contributed by atoms with E-state index in [0.717, 1.165) is 18.2 Å². The molecule has 0 bridgehead atoms. The molecule has 1 aromatic carbocycles. The topological polar surface area (TPSA) is 97.7 Å². The second kappa shape index (κ2) is 4.64. The quantitative estimate of drug-likeness (QED) is 0.644. The third-order valence-corrected chi connectivity index (χ3v) is 4.43. The number of hydrogen-bond acceptors (Lipinski definition) is 5. The molecule has 0 radical (unpaired) electrons. The molecule has 1 aromatic rings. The van der Waals surface area contributed by atoms with E-state index in [2.05, 4.69) is 4.18 Å². The first-order chi connectivity index (χ1) is 7.65.